The SMILES string of the molecule is CC(=O)Nc1ccc2c(c1)N(C1CC1)CNS2. The molecule has 2 N–H and O–H groups in total. The minimum atomic E-state index is -0.0236. The molecule has 1 aliphatic carbocycles. The molecule has 4 nitrogen and oxygen atoms in total. The molecule has 0 aromatic heterocycles. The van der Waals surface area contributed by atoms with Crippen molar-refractivity contribution in [1.29, 1.82) is 0 Å². The minimum absolute atomic E-state index is 0.0236. The lowest BCUT2D eigenvalue weighted by atomic mass is 10.2. The molecule has 1 aromatic carbocycles. The van der Waals surface area contributed by atoms with Crippen LogP contribution in [0.25, 0.3) is 0 Å². The second-order valence-corrected chi connectivity index (χ2v) is 5.40. The van der Waals surface area contributed by atoms with E-state index in [9.17, 15) is 4.79 Å². The van der Waals surface area contributed by atoms with Crippen LogP contribution in [0.1, 0.15) is 19.8 Å². The summed E-state index contributed by atoms with van der Waals surface area (Å²) in [6.07, 6.45) is 2.55. The highest BCUT2D eigenvalue weighted by atomic mass is 32.2. The Labute approximate surface area is 105 Å². The summed E-state index contributed by atoms with van der Waals surface area (Å²) >= 11 is 1.66. The molecule has 0 radical (unpaired) electrons. The van der Waals surface area contributed by atoms with Gasteiger partial charge in [-0.25, -0.2) is 4.72 Å². The molecular formula is C12H15N3OS. The van der Waals surface area contributed by atoms with Gasteiger partial charge in [0.2, 0.25) is 5.91 Å². The second kappa shape index (κ2) is 4.23. The summed E-state index contributed by atoms with van der Waals surface area (Å²) in [5, 5.41) is 2.84. The van der Waals surface area contributed by atoms with Gasteiger partial charge in [0.25, 0.3) is 0 Å². The normalized spacial score (nSPS) is 18.8. The van der Waals surface area contributed by atoms with Gasteiger partial charge in [0.15, 0.2) is 0 Å². The van der Waals surface area contributed by atoms with Gasteiger partial charge in [0.1, 0.15) is 0 Å². The Bertz CT molecular complexity index is 459. The Morgan fingerprint density at radius 1 is 1.53 bits per heavy atom. The fourth-order valence-corrected chi connectivity index (χ4v) is 2.86. The van der Waals surface area contributed by atoms with E-state index in [0.29, 0.717) is 6.04 Å². The van der Waals surface area contributed by atoms with Crippen molar-refractivity contribution in [2.45, 2.75) is 30.7 Å². The van der Waals surface area contributed by atoms with Gasteiger partial charge in [-0.1, -0.05) is 0 Å². The fraction of sp³-hybridized carbons (Fsp3) is 0.417. The van der Waals surface area contributed by atoms with E-state index in [-0.39, 0.29) is 5.91 Å². The molecule has 0 bridgehead atoms. The standard InChI is InChI=1S/C12H15N3OS/c1-8(16)14-9-2-5-12-11(6-9)15(7-13-17-12)10-3-4-10/h2,5-6,10,13H,3-4,7H2,1H3,(H,14,16). The number of carbonyl (C=O) groups is 1. The quantitative estimate of drug-likeness (QED) is 0.789. The number of amides is 1. The zero-order valence-corrected chi connectivity index (χ0v) is 10.5. The third-order valence-corrected chi connectivity index (χ3v) is 3.83. The van der Waals surface area contributed by atoms with E-state index in [2.05, 4.69) is 27.1 Å². The molecule has 90 valence electrons. The molecule has 0 saturated heterocycles. The van der Waals surface area contributed by atoms with Crippen molar-refractivity contribution in [3.05, 3.63) is 18.2 Å². The summed E-state index contributed by atoms with van der Waals surface area (Å²) in [6, 6.07) is 6.76. The third kappa shape index (κ3) is 2.25. The van der Waals surface area contributed by atoms with E-state index < -0.39 is 0 Å². The average molecular weight is 249 g/mol. The van der Waals surface area contributed by atoms with E-state index >= 15 is 0 Å². The van der Waals surface area contributed by atoms with Crippen LogP contribution in [-0.2, 0) is 4.79 Å². The molecule has 1 saturated carbocycles. The summed E-state index contributed by atoms with van der Waals surface area (Å²) in [4.78, 5) is 14.7. The van der Waals surface area contributed by atoms with Crippen LogP contribution >= 0.6 is 11.9 Å². The maximum atomic E-state index is 11.1. The molecule has 0 spiro atoms. The molecule has 1 aromatic rings. The summed E-state index contributed by atoms with van der Waals surface area (Å²) in [5.74, 6) is -0.0236. The van der Waals surface area contributed by atoms with Crippen LogP contribution in [-0.4, -0.2) is 18.6 Å². The van der Waals surface area contributed by atoms with E-state index in [1.165, 1.54) is 30.3 Å². The first-order chi connectivity index (χ1) is 8.24. The van der Waals surface area contributed by atoms with Gasteiger partial charge < -0.3 is 10.2 Å². The zero-order chi connectivity index (χ0) is 11.8. The minimum Gasteiger partial charge on any atom is -0.354 e. The van der Waals surface area contributed by atoms with Crippen LogP contribution in [0.3, 0.4) is 0 Å². The Hall–Kier alpha value is -1.20. The first-order valence-electron chi connectivity index (χ1n) is 5.82. The molecule has 3 rings (SSSR count). The highest BCUT2D eigenvalue weighted by Crippen LogP contribution is 2.40. The molecule has 1 fully saturated rings. The van der Waals surface area contributed by atoms with Gasteiger partial charge in [0, 0.05) is 23.5 Å². The fourth-order valence-electron chi connectivity index (χ4n) is 2.09. The summed E-state index contributed by atoms with van der Waals surface area (Å²) < 4.78 is 3.33. The van der Waals surface area contributed by atoms with Gasteiger partial charge in [-0.3, -0.25) is 4.79 Å². The van der Waals surface area contributed by atoms with E-state index in [1.807, 2.05) is 6.07 Å². The van der Waals surface area contributed by atoms with Crippen LogP contribution < -0.4 is 14.9 Å². The van der Waals surface area contributed by atoms with Crippen molar-refractivity contribution in [2.75, 3.05) is 16.9 Å². The molecule has 17 heavy (non-hydrogen) atoms. The number of carbonyl (C=O) groups excluding carboxylic acids is 1. The van der Waals surface area contributed by atoms with E-state index in [0.717, 1.165) is 12.4 Å². The van der Waals surface area contributed by atoms with Gasteiger partial charge >= 0.3 is 0 Å². The van der Waals surface area contributed by atoms with Crippen LogP contribution in [0.15, 0.2) is 23.1 Å². The predicted octanol–water partition coefficient (Wildman–Crippen LogP) is 2.18. The number of benzene rings is 1. The Morgan fingerprint density at radius 2 is 2.35 bits per heavy atom. The molecule has 5 heteroatoms. The van der Waals surface area contributed by atoms with Crippen molar-refractivity contribution in [3.8, 4) is 0 Å². The lowest BCUT2D eigenvalue weighted by Crippen LogP contribution is -2.36. The van der Waals surface area contributed by atoms with Crippen molar-refractivity contribution in [3.63, 3.8) is 0 Å². The lowest BCUT2D eigenvalue weighted by molar-refractivity contribution is -0.114. The Balaban J connectivity index is 1.92. The number of anilines is 2. The largest absolute Gasteiger partial charge is 0.354 e. The number of hydrogen-bond acceptors (Lipinski definition) is 4. The highest BCUT2D eigenvalue weighted by molar-refractivity contribution is 7.97. The van der Waals surface area contributed by atoms with Crippen LogP contribution in [0.2, 0.25) is 0 Å². The molecule has 1 aliphatic heterocycles. The molecule has 2 aliphatic rings. The Morgan fingerprint density at radius 3 is 3.06 bits per heavy atom. The van der Waals surface area contributed by atoms with Crippen molar-refractivity contribution in [1.82, 2.24) is 4.72 Å². The molecule has 0 unspecified atom stereocenters. The number of nitrogens with one attached hydrogen (secondary N) is 2. The smallest absolute Gasteiger partial charge is 0.221 e. The van der Waals surface area contributed by atoms with Crippen molar-refractivity contribution in [2.24, 2.45) is 0 Å². The van der Waals surface area contributed by atoms with Crippen LogP contribution in [0, 0.1) is 0 Å². The monoisotopic (exact) mass is 249 g/mol. The van der Waals surface area contributed by atoms with Gasteiger partial charge in [-0.2, -0.15) is 0 Å². The van der Waals surface area contributed by atoms with Crippen molar-refractivity contribution >= 4 is 29.2 Å². The zero-order valence-electron chi connectivity index (χ0n) is 9.69. The maximum Gasteiger partial charge on any atom is 0.221 e. The number of nitrogens with zero attached hydrogens (tertiary/aromatic N) is 1. The van der Waals surface area contributed by atoms with Gasteiger partial charge in [0.05, 0.1) is 12.4 Å². The average Bonchev–Trinajstić information content (AvgIpc) is 3.11. The van der Waals surface area contributed by atoms with E-state index in [4.69, 9.17) is 0 Å². The first-order valence-corrected chi connectivity index (χ1v) is 6.63. The first kappa shape index (κ1) is 10.9. The number of fused-ring (bicyclic) bond motifs is 1. The molecule has 1 heterocycles. The van der Waals surface area contributed by atoms with E-state index in [1.54, 1.807) is 11.9 Å². The van der Waals surface area contributed by atoms with Gasteiger partial charge in [-0.05, 0) is 43.0 Å². The van der Waals surface area contributed by atoms with Crippen molar-refractivity contribution < 1.29 is 4.79 Å². The molecule has 1 amide bonds. The van der Waals surface area contributed by atoms with Crippen LogP contribution in [0.4, 0.5) is 11.4 Å². The third-order valence-electron chi connectivity index (χ3n) is 2.99. The summed E-state index contributed by atoms with van der Waals surface area (Å²) in [5.41, 5.74) is 2.12. The molecule has 0 atom stereocenters. The molecular weight excluding hydrogens is 234 g/mol. The predicted molar refractivity (Wildman–Crippen MR) is 70.1 cm³/mol. The number of rotatable bonds is 2. The highest BCUT2D eigenvalue weighted by Gasteiger charge is 2.32. The summed E-state index contributed by atoms with van der Waals surface area (Å²) in [7, 11) is 0. The topological polar surface area (TPSA) is 44.4 Å². The summed E-state index contributed by atoms with van der Waals surface area (Å²) in [6.45, 7) is 2.42. The number of hydrogen-bond donors (Lipinski definition) is 2. The lowest BCUT2D eigenvalue weighted by Gasteiger charge is -2.31. The van der Waals surface area contributed by atoms with Crippen LogP contribution in [0.5, 0.6) is 0 Å². The van der Waals surface area contributed by atoms with Gasteiger partial charge in [-0.15, -0.1) is 0 Å². The second-order valence-electron chi connectivity index (χ2n) is 4.47. The Kier molecular flexibility index (Phi) is 2.72. The maximum absolute atomic E-state index is 11.1.